The lowest BCUT2D eigenvalue weighted by Crippen LogP contribution is -2.47. The summed E-state index contributed by atoms with van der Waals surface area (Å²) in [6.45, 7) is 2.14. The minimum atomic E-state index is -1.02. The van der Waals surface area contributed by atoms with E-state index in [-0.39, 0.29) is 25.2 Å². The molecule has 0 radical (unpaired) electrons. The largest absolute Gasteiger partial charge is 0.480 e. The molecule has 0 amide bonds. The fourth-order valence-corrected chi connectivity index (χ4v) is 2.64. The van der Waals surface area contributed by atoms with Gasteiger partial charge >= 0.3 is 5.97 Å². The summed E-state index contributed by atoms with van der Waals surface area (Å²) < 4.78 is 28.8. The number of aliphatic carboxylic acids is 1. The van der Waals surface area contributed by atoms with Crippen LogP contribution in [0.1, 0.15) is 17.2 Å². The van der Waals surface area contributed by atoms with Gasteiger partial charge in [0.25, 0.3) is 0 Å². The van der Waals surface area contributed by atoms with E-state index in [4.69, 9.17) is 0 Å². The molecule has 0 saturated carbocycles. The third-order valence-electron chi connectivity index (χ3n) is 3.82. The summed E-state index contributed by atoms with van der Waals surface area (Å²) in [6.07, 6.45) is 0. The van der Waals surface area contributed by atoms with Gasteiger partial charge in [-0.05, 0) is 25.1 Å². The average molecular weight is 308 g/mol. The number of carboxylic acid groups (broad SMARTS) is 1. The summed E-state index contributed by atoms with van der Waals surface area (Å²) in [5.41, 5.74) is 0.121. The molecule has 1 aromatic heterocycles. The number of hydrogen-bond acceptors (Lipinski definition) is 4. The first-order valence-electron chi connectivity index (χ1n) is 6.75. The molecule has 1 N–H and O–H groups in total. The van der Waals surface area contributed by atoms with E-state index < -0.39 is 23.6 Å². The standard InChI is InChI=1S/C14H14F2N4O2/c1-8-17-18-13-7-19(12(14(21)22)6-20(8)13)5-9-4-10(15)2-3-11(9)16/h2-4,12H,5-7H2,1H3,(H,21,22). The first kappa shape index (κ1) is 14.6. The zero-order valence-corrected chi connectivity index (χ0v) is 11.8. The molecule has 1 aromatic carbocycles. The Morgan fingerprint density at radius 1 is 1.41 bits per heavy atom. The van der Waals surface area contributed by atoms with Crippen molar-refractivity contribution < 1.29 is 18.7 Å². The molecule has 1 aliphatic heterocycles. The van der Waals surface area contributed by atoms with E-state index in [1.165, 1.54) is 0 Å². The molecule has 1 unspecified atom stereocenters. The smallest absolute Gasteiger partial charge is 0.322 e. The number of fused-ring (bicyclic) bond motifs is 1. The van der Waals surface area contributed by atoms with Crippen LogP contribution in [0.15, 0.2) is 18.2 Å². The van der Waals surface area contributed by atoms with Gasteiger partial charge in [-0.15, -0.1) is 10.2 Å². The van der Waals surface area contributed by atoms with Crippen molar-refractivity contribution in [1.82, 2.24) is 19.7 Å². The second kappa shape index (κ2) is 5.45. The van der Waals surface area contributed by atoms with Crippen molar-refractivity contribution in [2.75, 3.05) is 0 Å². The van der Waals surface area contributed by atoms with Gasteiger partial charge < -0.3 is 9.67 Å². The number of aromatic nitrogens is 3. The quantitative estimate of drug-likeness (QED) is 0.926. The van der Waals surface area contributed by atoms with Crippen LogP contribution in [0.3, 0.4) is 0 Å². The Morgan fingerprint density at radius 3 is 2.91 bits per heavy atom. The van der Waals surface area contributed by atoms with Crippen LogP contribution in [0.2, 0.25) is 0 Å². The lowest BCUT2D eigenvalue weighted by Gasteiger charge is -2.33. The Kier molecular flexibility index (Phi) is 3.61. The van der Waals surface area contributed by atoms with Crippen molar-refractivity contribution in [3.63, 3.8) is 0 Å². The molecule has 2 heterocycles. The Bertz CT molecular complexity index is 732. The van der Waals surface area contributed by atoms with Gasteiger partial charge in [0, 0.05) is 12.1 Å². The highest BCUT2D eigenvalue weighted by atomic mass is 19.1. The van der Waals surface area contributed by atoms with E-state index in [2.05, 4.69) is 10.2 Å². The SMILES string of the molecule is Cc1nnc2n1CC(C(=O)O)N(Cc1cc(F)ccc1F)C2. The number of carbonyl (C=O) groups is 1. The number of nitrogens with zero attached hydrogens (tertiary/aromatic N) is 4. The molecular weight excluding hydrogens is 294 g/mol. The molecule has 3 rings (SSSR count). The van der Waals surface area contributed by atoms with Crippen LogP contribution in [0.5, 0.6) is 0 Å². The third kappa shape index (κ3) is 2.57. The molecule has 0 saturated heterocycles. The van der Waals surface area contributed by atoms with Gasteiger partial charge in [0.15, 0.2) is 0 Å². The number of halogens is 2. The first-order chi connectivity index (χ1) is 10.5. The van der Waals surface area contributed by atoms with Gasteiger partial charge in [0.1, 0.15) is 29.3 Å². The maximum absolute atomic E-state index is 13.8. The molecule has 22 heavy (non-hydrogen) atoms. The van der Waals surface area contributed by atoms with Gasteiger partial charge in [-0.2, -0.15) is 0 Å². The second-order valence-corrected chi connectivity index (χ2v) is 5.27. The molecule has 0 fully saturated rings. The molecule has 0 aliphatic carbocycles. The number of benzene rings is 1. The zero-order valence-electron chi connectivity index (χ0n) is 11.8. The number of hydrogen-bond donors (Lipinski definition) is 1. The summed E-state index contributed by atoms with van der Waals surface area (Å²) in [6, 6.07) is 2.31. The van der Waals surface area contributed by atoms with Crippen LogP contribution in [-0.2, 0) is 24.4 Å². The Morgan fingerprint density at radius 2 is 2.18 bits per heavy atom. The Hall–Kier alpha value is -2.35. The van der Waals surface area contributed by atoms with Crippen LogP contribution in [0, 0.1) is 18.6 Å². The number of rotatable bonds is 3. The average Bonchev–Trinajstić information content (AvgIpc) is 2.83. The predicted octanol–water partition coefficient (Wildman–Crippen LogP) is 1.33. The summed E-state index contributed by atoms with van der Waals surface area (Å²) in [5, 5.41) is 17.3. The molecule has 116 valence electrons. The van der Waals surface area contributed by atoms with Crippen molar-refractivity contribution in [1.29, 1.82) is 0 Å². The van der Waals surface area contributed by atoms with Gasteiger partial charge in [-0.3, -0.25) is 9.69 Å². The van der Waals surface area contributed by atoms with E-state index >= 15 is 0 Å². The predicted molar refractivity (Wildman–Crippen MR) is 71.8 cm³/mol. The molecular formula is C14H14F2N4O2. The highest BCUT2D eigenvalue weighted by Crippen LogP contribution is 2.22. The second-order valence-electron chi connectivity index (χ2n) is 5.27. The van der Waals surface area contributed by atoms with Gasteiger partial charge in [0.2, 0.25) is 0 Å². The topological polar surface area (TPSA) is 71.2 Å². The van der Waals surface area contributed by atoms with E-state index in [9.17, 15) is 18.7 Å². The summed E-state index contributed by atoms with van der Waals surface area (Å²) in [5.74, 6) is -0.881. The van der Waals surface area contributed by atoms with Crippen LogP contribution in [0.4, 0.5) is 8.78 Å². The molecule has 8 heteroatoms. The summed E-state index contributed by atoms with van der Waals surface area (Å²) in [7, 11) is 0. The van der Waals surface area contributed by atoms with Crippen molar-refractivity contribution >= 4 is 5.97 Å². The lowest BCUT2D eigenvalue weighted by molar-refractivity contribution is -0.145. The maximum Gasteiger partial charge on any atom is 0.322 e. The summed E-state index contributed by atoms with van der Waals surface area (Å²) >= 11 is 0. The van der Waals surface area contributed by atoms with E-state index in [0.29, 0.717) is 11.6 Å². The van der Waals surface area contributed by atoms with Crippen LogP contribution in [-0.4, -0.2) is 36.8 Å². The third-order valence-corrected chi connectivity index (χ3v) is 3.82. The van der Waals surface area contributed by atoms with E-state index in [0.717, 1.165) is 18.2 Å². The fourth-order valence-electron chi connectivity index (χ4n) is 2.64. The molecule has 1 atom stereocenters. The van der Waals surface area contributed by atoms with E-state index in [1.54, 1.807) is 16.4 Å². The lowest BCUT2D eigenvalue weighted by atomic mass is 10.1. The molecule has 2 aromatic rings. The van der Waals surface area contributed by atoms with Crippen molar-refractivity contribution in [3.05, 3.63) is 47.0 Å². The Labute approximate surface area is 125 Å². The van der Waals surface area contributed by atoms with Crippen molar-refractivity contribution in [2.45, 2.75) is 32.6 Å². The van der Waals surface area contributed by atoms with Crippen LogP contribution in [0.25, 0.3) is 0 Å². The van der Waals surface area contributed by atoms with Gasteiger partial charge in [0.05, 0.1) is 13.1 Å². The van der Waals surface area contributed by atoms with Gasteiger partial charge in [-0.25, -0.2) is 8.78 Å². The number of carboxylic acids is 1. The minimum Gasteiger partial charge on any atom is -0.480 e. The van der Waals surface area contributed by atoms with Crippen LogP contribution < -0.4 is 0 Å². The zero-order chi connectivity index (χ0) is 15.9. The van der Waals surface area contributed by atoms with Crippen molar-refractivity contribution in [3.8, 4) is 0 Å². The van der Waals surface area contributed by atoms with Gasteiger partial charge in [-0.1, -0.05) is 0 Å². The van der Waals surface area contributed by atoms with E-state index in [1.807, 2.05) is 0 Å². The van der Waals surface area contributed by atoms with Crippen LogP contribution >= 0.6 is 0 Å². The normalized spacial score (nSPS) is 18.2. The minimum absolute atomic E-state index is 0.00747. The molecule has 0 bridgehead atoms. The first-order valence-corrected chi connectivity index (χ1v) is 6.75. The summed E-state index contributed by atoms with van der Waals surface area (Å²) in [4.78, 5) is 13.0. The molecule has 0 spiro atoms. The number of aryl methyl sites for hydroxylation is 1. The maximum atomic E-state index is 13.8. The Balaban J connectivity index is 1.91. The highest BCUT2D eigenvalue weighted by molar-refractivity contribution is 5.73. The monoisotopic (exact) mass is 308 g/mol. The fraction of sp³-hybridized carbons (Fsp3) is 0.357. The highest BCUT2D eigenvalue weighted by Gasteiger charge is 2.33. The molecule has 1 aliphatic rings. The van der Waals surface area contributed by atoms with Crippen molar-refractivity contribution in [2.24, 2.45) is 0 Å². The molecule has 6 nitrogen and oxygen atoms in total.